The van der Waals surface area contributed by atoms with Gasteiger partial charge in [0.1, 0.15) is 17.8 Å². The number of aliphatic carboxylic acids is 1. The van der Waals surface area contributed by atoms with E-state index in [-0.39, 0.29) is 25.0 Å². The van der Waals surface area contributed by atoms with Crippen molar-refractivity contribution in [3.8, 4) is 5.75 Å². The summed E-state index contributed by atoms with van der Waals surface area (Å²) in [6.07, 6.45) is 0.666. The quantitative estimate of drug-likeness (QED) is 0.214. The molecule has 0 heterocycles. The molecule has 0 fully saturated rings. The minimum absolute atomic E-state index is 0.117. The molecule has 0 aliphatic carbocycles. The number of amides is 3. The highest BCUT2D eigenvalue weighted by atomic mass is 16.4. The molecule has 3 aromatic rings. The highest BCUT2D eigenvalue weighted by Crippen LogP contribution is 2.12. The Morgan fingerprint density at radius 1 is 0.692 bits per heavy atom. The Morgan fingerprint density at radius 2 is 1.10 bits per heavy atom. The lowest BCUT2D eigenvalue weighted by Gasteiger charge is -2.23. The lowest BCUT2D eigenvalue weighted by molar-refractivity contribution is -0.134. The average molecular weight is 535 g/mol. The monoisotopic (exact) mass is 534 g/mol. The summed E-state index contributed by atoms with van der Waals surface area (Å²) in [6, 6.07) is 22.0. The topological polar surface area (TPSA) is 185 Å². The predicted octanol–water partition coefficient (Wildman–Crippen LogP) is 1.29. The van der Waals surface area contributed by atoms with E-state index in [1.807, 2.05) is 60.7 Å². The summed E-state index contributed by atoms with van der Waals surface area (Å²) < 4.78 is 0. The van der Waals surface area contributed by atoms with Crippen LogP contribution < -0.4 is 22.1 Å². The van der Waals surface area contributed by atoms with Crippen LogP contribution >= 0.6 is 0 Å². The molecule has 3 aromatic carbocycles. The number of phenolic OH excluding ortho intramolecular Hbond substituents is 1. The fourth-order valence-electron chi connectivity index (χ4n) is 3.66. The zero-order chi connectivity index (χ0) is 28.8. The van der Waals surface area contributed by atoms with Crippen LogP contribution in [0.15, 0.2) is 84.9 Å². The van der Waals surface area contributed by atoms with E-state index in [9.17, 15) is 19.5 Å². The molecule has 206 valence electrons. The second-order valence-corrected chi connectivity index (χ2v) is 8.90. The molecule has 8 N–H and O–H groups in total. The minimum atomic E-state index is -0.964. The van der Waals surface area contributed by atoms with Gasteiger partial charge in [0.25, 0.3) is 5.97 Å². The maximum atomic E-state index is 13.2. The second-order valence-electron chi connectivity index (χ2n) is 8.90. The lowest BCUT2D eigenvalue weighted by atomic mass is 10.0. The van der Waals surface area contributed by atoms with Crippen LogP contribution in [0.3, 0.4) is 0 Å². The molecule has 10 nitrogen and oxygen atoms in total. The molecule has 0 radical (unpaired) electrons. The molecule has 0 aromatic heterocycles. The number of carbonyl (C=O) groups excluding carboxylic acids is 3. The third-order valence-corrected chi connectivity index (χ3v) is 5.59. The number of phenols is 1. The number of rotatable bonds is 11. The third-order valence-electron chi connectivity index (χ3n) is 5.59. The first-order valence-corrected chi connectivity index (χ1v) is 12.3. The normalized spacial score (nSPS) is 12.6. The van der Waals surface area contributed by atoms with Gasteiger partial charge in [-0.1, -0.05) is 72.8 Å². The molecule has 0 bridgehead atoms. The van der Waals surface area contributed by atoms with Gasteiger partial charge in [-0.2, -0.15) is 0 Å². The summed E-state index contributed by atoms with van der Waals surface area (Å²) in [5.74, 6) is -2.42. The smallest absolute Gasteiger partial charge is 0.300 e. The van der Waals surface area contributed by atoms with Crippen LogP contribution in [0.1, 0.15) is 23.6 Å². The van der Waals surface area contributed by atoms with E-state index in [1.165, 1.54) is 12.1 Å². The van der Waals surface area contributed by atoms with E-state index in [0.717, 1.165) is 23.6 Å². The molecule has 0 saturated heterocycles. The van der Waals surface area contributed by atoms with Crippen molar-refractivity contribution in [3.05, 3.63) is 102 Å². The molecule has 3 rings (SSSR count). The Hall–Kier alpha value is -4.70. The lowest BCUT2D eigenvalue weighted by Crippen LogP contribution is -2.56. The van der Waals surface area contributed by atoms with E-state index in [2.05, 4.69) is 10.6 Å². The Balaban J connectivity index is 0.00000124. The standard InChI is InChI=1S/C27H30N4O4.C2H4O2/c28-22(15-20-11-13-21(32)14-12-20)26(34)31-24(17-19-9-5-2-6-10-19)27(35)30-23(25(29)33)16-18-7-3-1-4-8-18;1-2(3)4/h1-14,22-24,32H,15-17,28H2,(H2,29,33)(H,30,35)(H,31,34);1H3,(H,3,4). The van der Waals surface area contributed by atoms with Crippen molar-refractivity contribution in [2.45, 2.75) is 44.3 Å². The molecule has 39 heavy (non-hydrogen) atoms. The van der Waals surface area contributed by atoms with Gasteiger partial charge in [-0.15, -0.1) is 0 Å². The van der Waals surface area contributed by atoms with Crippen LogP contribution in [0, 0.1) is 0 Å². The number of aromatic hydroxyl groups is 1. The predicted molar refractivity (Wildman–Crippen MR) is 146 cm³/mol. The van der Waals surface area contributed by atoms with E-state index in [0.29, 0.717) is 0 Å². The first-order valence-electron chi connectivity index (χ1n) is 12.3. The van der Waals surface area contributed by atoms with Crippen LogP contribution in [0.2, 0.25) is 0 Å². The summed E-state index contributed by atoms with van der Waals surface area (Å²) >= 11 is 0. The van der Waals surface area contributed by atoms with Crippen LogP contribution in [-0.4, -0.2) is 52.0 Å². The van der Waals surface area contributed by atoms with E-state index in [4.69, 9.17) is 21.4 Å². The summed E-state index contributed by atoms with van der Waals surface area (Å²) in [4.78, 5) is 47.1. The van der Waals surface area contributed by atoms with Crippen molar-refractivity contribution in [2.75, 3.05) is 0 Å². The summed E-state index contributed by atoms with van der Waals surface area (Å²) in [5.41, 5.74) is 14.1. The zero-order valence-corrected chi connectivity index (χ0v) is 21.6. The number of nitrogens with two attached hydrogens (primary N) is 2. The van der Waals surface area contributed by atoms with Crippen LogP contribution in [0.5, 0.6) is 5.75 Å². The van der Waals surface area contributed by atoms with Gasteiger partial charge in [0.2, 0.25) is 17.7 Å². The van der Waals surface area contributed by atoms with Crippen molar-refractivity contribution >= 4 is 23.7 Å². The number of hydrogen-bond acceptors (Lipinski definition) is 6. The SMILES string of the molecule is CC(=O)O.NC(=O)C(Cc1ccccc1)NC(=O)C(Cc1ccccc1)NC(=O)C(N)Cc1ccc(O)cc1. The van der Waals surface area contributed by atoms with Gasteiger partial charge in [-0.3, -0.25) is 19.2 Å². The van der Waals surface area contributed by atoms with E-state index < -0.39 is 41.8 Å². The van der Waals surface area contributed by atoms with Crippen LogP contribution in [0.4, 0.5) is 0 Å². The zero-order valence-electron chi connectivity index (χ0n) is 21.6. The second kappa shape index (κ2) is 15.5. The Bertz CT molecular complexity index is 1220. The summed E-state index contributed by atoms with van der Waals surface area (Å²) in [6.45, 7) is 1.08. The molecule has 3 amide bonds. The molecular formula is C29H34N4O6. The van der Waals surface area contributed by atoms with E-state index in [1.54, 1.807) is 12.1 Å². The van der Waals surface area contributed by atoms with Crippen molar-refractivity contribution in [1.29, 1.82) is 0 Å². The van der Waals surface area contributed by atoms with Crippen molar-refractivity contribution in [2.24, 2.45) is 11.5 Å². The van der Waals surface area contributed by atoms with Crippen molar-refractivity contribution in [3.63, 3.8) is 0 Å². The fourth-order valence-corrected chi connectivity index (χ4v) is 3.66. The Kier molecular flexibility index (Phi) is 12.2. The highest BCUT2D eigenvalue weighted by molar-refractivity contribution is 5.93. The van der Waals surface area contributed by atoms with E-state index >= 15 is 0 Å². The van der Waals surface area contributed by atoms with Crippen LogP contribution in [-0.2, 0) is 38.4 Å². The number of primary amides is 1. The van der Waals surface area contributed by atoms with Crippen molar-refractivity contribution < 1.29 is 29.4 Å². The molecule has 0 aliphatic heterocycles. The number of benzene rings is 3. The number of carbonyl (C=O) groups is 4. The number of nitrogens with one attached hydrogen (secondary N) is 2. The first kappa shape index (κ1) is 30.5. The Labute approximate surface area is 227 Å². The maximum absolute atomic E-state index is 13.2. The summed E-state index contributed by atoms with van der Waals surface area (Å²) in [5, 5.41) is 22.3. The Morgan fingerprint density at radius 3 is 1.56 bits per heavy atom. The van der Waals surface area contributed by atoms with Gasteiger partial charge in [-0.25, -0.2) is 0 Å². The average Bonchev–Trinajstić information content (AvgIpc) is 2.90. The number of carboxylic acids is 1. The maximum Gasteiger partial charge on any atom is 0.300 e. The van der Waals surface area contributed by atoms with Crippen molar-refractivity contribution in [1.82, 2.24) is 10.6 Å². The van der Waals surface area contributed by atoms with Gasteiger partial charge in [-0.05, 0) is 35.2 Å². The molecule has 10 heteroatoms. The molecule has 3 atom stereocenters. The highest BCUT2D eigenvalue weighted by Gasteiger charge is 2.28. The largest absolute Gasteiger partial charge is 0.508 e. The number of hydrogen-bond donors (Lipinski definition) is 6. The van der Waals surface area contributed by atoms with Gasteiger partial charge in [0, 0.05) is 19.8 Å². The van der Waals surface area contributed by atoms with Crippen LogP contribution in [0.25, 0.3) is 0 Å². The molecule has 0 spiro atoms. The third kappa shape index (κ3) is 11.5. The molecule has 0 aliphatic rings. The molecule has 3 unspecified atom stereocenters. The van der Waals surface area contributed by atoms with Gasteiger partial charge in [0.15, 0.2) is 0 Å². The van der Waals surface area contributed by atoms with Gasteiger partial charge in [0.05, 0.1) is 6.04 Å². The van der Waals surface area contributed by atoms with Gasteiger partial charge < -0.3 is 32.3 Å². The van der Waals surface area contributed by atoms with Gasteiger partial charge >= 0.3 is 0 Å². The molecule has 0 saturated carbocycles. The fraction of sp³-hybridized carbons (Fsp3) is 0.241. The summed E-state index contributed by atoms with van der Waals surface area (Å²) in [7, 11) is 0. The first-order chi connectivity index (χ1) is 18.5. The molecular weight excluding hydrogens is 500 g/mol. The number of carboxylic acid groups (broad SMARTS) is 1. The minimum Gasteiger partial charge on any atom is -0.508 e.